The minimum absolute atomic E-state index is 0.165. The van der Waals surface area contributed by atoms with E-state index in [2.05, 4.69) is 15.5 Å². The molecule has 0 fully saturated rings. The van der Waals surface area contributed by atoms with Crippen LogP contribution in [0.2, 0.25) is 5.02 Å². The fourth-order valence-corrected chi connectivity index (χ4v) is 2.16. The second kappa shape index (κ2) is 7.38. The fraction of sp³-hybridized carbons (Fsp3) is 0.429. The monoisotopic (exact) mass is 295 g/mol. The molecule has 1 N–H and O–H groups in total. The van der Waals surface area contributed by atoms with Crippen molar-refractivity contribution in [2.75, 3.05) is 20.3 Å². The first-order valence-corrected chi connectivity index (χ1v) is 6.91. The van der Waals surface area contributed by atoms with Crippen molar-refractivity contribution in [1.82, 2.24) is 15.5 Å². The van der Waals surface area contributed by atoms with Gasteiger partial charge in [-0.1, -0.05) is 35.8 Å². The lowest BCUT2D eigenvalue weighted by Gasteiger charge is -2.14. The summed E-state index contributed by atoms with van der Waals surface area (Å²) in [4.78, 5) is 4.39. The Balaban J connectivity index is 2.08. The van der Waals surface area contributed by atoms with E-state index in [4.69, 9.17) is 20.9 Å². The number of rotatable bonds is 7. The second-order valence-corrected chi connectivity index (χ2v) is 4.87. The van der Waals surface area contributed by atoms with Crippen LogP contribution in [0.15, 0.2) is 28.8 Å². The summed E-state index contributed by atoms with van der Waals surface area (Å²) in [6, 6.07) is 7.55. The van der Waals surface area contributed by atoms with Crippen LogP contribution in [-0.4, -0.2) is 36.4 Å². The minimum atomic E-state index is 0.165. The molecule has 108 valence electrons. The van der Waals surface area contributed by atoms with Gasteiger partial charge in [-0.2, -0.15) is 4.98 Å². The van der Waals surface area contributed by atoms with Gasteiger partial charge in [-0.15, -0.1) is 0 Å². The Hall–Kier alpha value is -1.43. The molecule has 0 amide bonds. The maximum absolute atomic E-state index is 5.96. The average molecular weight is 296 g/mol. The summed E-state index contributed by atoms with van der Waals surface area (Å²) < 4.78 is 10.4. The smallest absolute Gasteiger partial charge is 0.228 e. The topological polar surface area (TPSA) is 60.2 Å². The van der Waals surface area contributed by atoms with Gasteiger partial charge in [0, 0.05) is 30.2 Å². The first kappa shape index (κ1) is 15.0. The van der Waals surface area contributed by atoms with Crippen molar-refractivity contribution >= 4 is 11.6 Å². The van der Waals surface area contributed by atoms with Crippen LogP contribution in [0.5, 0.6) is 0 Å². The molecule has 0 bridgehead atoms. The third kappa shape index (κ3) is 4.03. The largest absolute Gasteiger partial charge is 0.383 e. The third-order valence-corrected chi connectivity index (χ3v) is 3.07. The Morgan fingerprint density at radius 2 is 2.30 bits per heavy atom. The van der Waals surface area contributed by atoms with Crippen LogP contribution in [0, 0.1) is 0 Å². The van der Waals surface area contributed by atoms with Gasteiger partial charge in [-0.25, -0.2) is 0 Å². The van der Waals surface area contributed by atoms with Crippen LogP contribution in [0.1, 0.15) is 12.8 Å². The molecule has 20 heavy (non-hydrogen) atoms. The number of hydrogen-bond acceptors (Lipinski definition) is 5. The summed E-state index contributed by atoms with van der Waals surface area (Å²) in [5.74, 6) is 1.14. The van der Waals surface area contributed by atoms with Gasteiger partial charge in [-0.3, -0.25) is 0 Å². The Kier molecular flexibility index (Phi) is 5.52. The molecule has 6 heteroatoms. The molecule has 0 spiro atoms. The molecule has 0 aliphatic rings. The summed E-state index contributed by atoms with van der Waals surface area (Å²) in [7, 11) is 1.68. The van der Waals surface area contributed by atoms with E-state index >= 15 is 0 Å². The first-order valence-electron chi connectivity index (χ1n) is 6.53. The van der Waals surface area contributed by atoms with E-state index in [1.165, 1.54) is 0 Å². The highest BCUT2D eigenvalue weighted by Gasteiger charge is 2.14. The van der Waals surface area contributed by atoms with Crippen LogP contribution in [0.25, 0.3) is 11.4 Å². The molecule has 0 saturated carbocycles. The predicted octanol–water partition coefficient (Wildman–Crippen LogP) is 2.56. The standard InChI is InChI=1S/C14H18ClN3O2/c1-3-16-12(9-19-2)8-13-17-14(18-20-13)10-5-4-6-11(15)7-10/h4-7,12,16H,3,8-9H2,1-2H3. The van der Waals surface area contributed by atoms with Crippen molar-refractivity contribution in [3.63, 3.8) is 0 Å². The Morgan fingerprint density at radius 1 is 1.45 bits per heavy atom. The van der Waals surface area contributed by atoms with Gasteiger partial charge in [0.25, 0.3) is 0 Å². The molecule has 1 aromatic carbocycles. The lowest BCUT2D eigenvalue weighted by atomic mass is 10.2. The Labute approximate surface area is 123 Å². The van der Waals surface area contributed by atoms with Gasteiger partial charge in [0.15, 0.2) is 0 Å². The van der Waals surface area contributed by atoms with E-state index in [0.717, 1.165) is 12.1 Å². The number of nitrogens with one attached hydrogen (secondary N) is 1. The van der Waals surface area contributed by atoms with E-state index in [-0.39, 0.29) is 6.04 Å². The molecule has 2 aromatic rings. The zero-order valence-electron chi connectivity index (χ0n) is 11.6. The van der Waals surface area contributed by atoms with Crippen LogP contribution in [-0.2, 0) is 11.2 Å². The zero-order chi connectivity index (χ0) is 14.4. The number of methoxy groups -OCH3 is 1. The highest BCUT2D eigenvalue weighted by molar-refractivity contribution is 6.30. The summed E-state index contributed by atoms with van der Waals surface area (Å²) in [5.41, 5.74) is 0.847. The maximum atomic E-state index is 5.96. The Bertz CT molecular complexity index is 539. The van der Waals surface area contributed by atoms with Crippen molar-refractivity contribution in [1.29, 1.82) is 0 Å². The van der Waals surface area contributed by atoms with Crippen molar-refractivity contribution < 1.29 is 9.26 Å². The lowest BCUT2D eigenvalue weighted by Crippen LogP contribution is -2.35. The molecule has 1 atom stereocenters. The average Bonchev–Trinajstić information content (AvgIpc) is 2.88. The molecule has 1 aromatic heterocycles. The molecule has 1 heterocycles. The quantitative estimate of drug-likeness (QED) is 0.850. The number of ether oxygens (including phenoxy) is 1. The SMILES string of the molecule is CCNC(COC)Cc1nc(-c2cccc(Cl)c2)no1. The van der Waals surface area contributed by atoms with Crippen molar-refractivity contribution in [2.45, 2.75) is 19.4 Å². The van der Waals surface area contributed by atoms with E-state index in [1.54, 1.807) is 7.11 Å². The molecule has 0 saturated heterocycles. The number of nitrogens with zero attached hydrogens (tertiary/aromatic N) is 2. The summed E-state index contributed by atoms with van der Waals surface area (Å²) >= 11 is 5.96. The summed E-state index contributed by atoms with van der Waals surface area (Å²) in [6.45, 7) is 3.51. The van der Waals surface area contributed by atoms with Gasteiger partial charge in [-0.05, 0) is 18.7 Å². The highest BCUT2D eigenvalue weighted by Crippen LogP contribution is 2.20. The maximum Gasteiger partial charge on any atom is 0.228 e. The Morgan fingerprint density at radius 3 is 3.00 bits per heavy atom. The summed E-state index contributed by atoms with van der Waals surface area (Å²) in [6.07, 6.45) is 0.634. The van der Waals surface area contributed by atoms with E-state index < -0.39 is 0 Å². The number of benzene rings is 1. The van der Waals surface area contributed by atoms with Gasteiger partial charge in [0.05, 0.1) is 6.61 Å². The van der Waals surface area contributed by atoms with Crippen LogP contribution in [0.4, 0.5) is 0 Å². The normalized spacial score (nSPS) is 12.6. The van der Waals surface area contributed by atoms with Gasteiger partial charge >= 0.3 is 0 Å². The minimum Gasteiger partial charge on any atom is -0.383 e. The van der Waals surface area contributed by atoms with Gasteiger partial charge in [0.2, 0.25) is 11.7 Å². The van der Waals surface area contributed by atoms with Crippen LogP contribution < -0.4 is 5.32 Å². The molecule has 0 aliphatic carbocycles. The molecular weight excluding hydrogens is 278 g/mol. The molecule has 0 aliphatic heterocycles. The molecular formula is C14H18ClN3O2. The number of halogens is 1. The number of likely N-dealkylation sites (N-methyl/N-ethyl adjacent to an activating group) is 1. The fourth-order valence-electron chi connectivity index (χ4n) is 1.97. The molecule has 5 nitrogen and oxygen atoms in total. The van der Waals surface area contributed by atoms with Crippen molar-refractivity contribution in [3.8, 4) is 11.4 Å². The predicted molar refractivity (Wildman–Crippen MR) is 77.8 cm³/mol. The second-order valence-electron chi connectivity index (χ2n) is 4.44. The van der Waals surface area contributed by atoms with E-state index in [0.29, 0.717) is 29.8 Å². The van der Waals surface area contributed by atoms with Gasteiger partial charge in [0.1, 0.15) is 0 Å². The molecule has 0 radical (unpaired) electrons. The summed E-state index contributed by atoms with van der Waals surface area (Å²) in [5, 5.41) is 7.96. The van der Waals surface area contributed by atoms with Crippen LogP contribution in [0.3, 0.4) is 0 Å². The highest BCUT2D eigenvalue weighted by atomic mass is 35.5. The first-order chi connectivity index (χ1) is 9.72. The van der Waals surface area contributed by atoms with Crippen molar-refractivity contribution in [3.05, 3.63) is 35.2 Å². The zero-order valence-corrected chi connectivity index (χ0v) is 12.4. The number of hydrogen-bond donors (Lipinski definition) is 1. The number of aromatic nitrogens is 2. The molecule has 2 rings (SSSR count). The van der Waals surface area contributed by atoms with E-state index in [9.17, 15) is 0 Å². The third-order valence-electron chi connectivity index (χ3n) is 2.83. The van der Waals surface area contributed by atoms with Crippen LogP contribution >= 0.6 is 11.6 Å². The van der Waals surface area contributed by atoms with E-state index in [1.807, 2.05) is 31.2 Å². The van der Waals surface area contributed by atoms with Crippen molar-refractivity contribution in [2.24, 2.45) is 0 Å². The van der Waals surface area contributed by atoms with Gasteiger partial charge < -0.3 is 14.6 Å². The lowest BCUT2D eigenvalue weighted by molar-refractivity contribution is 0.162. The molecule has 1 unspecified atom stereocenters.